The highest BCUT2D eigenvalue weighted by molar-refractivity contribution is 7.99. The lowest BCUT2D eigenvalue weighted by Crippen LogP contribution is -2.25. The molecular formula is C12H24O3S. The first-order valence-corrected chi connectivity index (χ1v) is 7.01. The summed E-state index contributed by atoms with van der Waals surface area (Å²) in [7, 11) is 0. The van der Waals surface area contributed by atoms with Crippen LogP contribution in [0.5, 0.6) is 0 Å². The maximum Gasteiger partial charge on any atom is 0.316 e. The van der Waals surface area contributed by atoms with E-state index in [9.17, 15) is 4.79 Å². The Balaban J connectivity index is 3.28. The number of carbonyl (C=O) groups excluding carboxylic acids is 1. The van der Waals surface area contributed by atoms with E-state index < -0.39 is 0 Å². The van der Waals surface area contributed by atoms with Crippen molar-refractivity contribution in [3.63, 3.8) is 0 Å². The minimum Gasteiger partial charge on any atom is -0.459 e. The van der Waals surface area contributed by atoms with Crippen molar-refractivity contribution < 1.29 is 14.6 Å². The number of esters is 1. The molecule has 0 spiro atoms. The zero-order valence-corrected chi connectivity index (χ0v) is 11.4. The Kier molecular flexibility index (Phi) is 8.76. The van der Waals surface area contributed by atoms with Crippen LogP contribution in [0.25, 0.3) is 0 Å². The molecule has 0 rings (SSSR count). The quantitative estimate of drug-likeness (QED) is 0.530. The van der Waals surface area contributed by atoms with Gasteiger partial charge in [-0.15, -0.1) is 0 Å². The SMILES string of the molecule is CC(C)(C)OC(=O)CSCCCCCCO. The zero-order chi connectivity index (χ0) is 12.4. The Morgan fingerprint density at radius 2 is 1.81 bits per heavy atom. The van der Waals surface area contributed by atoms with E-state index in [1.807, 2.05) is 20.8 Å². The molecule has 96 valence electrons. The fraction of sp³-hybridized carbons (Fsp3) is 0.917. The van der Waals surface area contributed by atoms with Crippen LogP contribution in [0.2, 0.25) is 0 Å². The predicted octanol–water partition coefficient (Wildman–Crippen LogP) is 2.61. The van der Waals surface area contributed by atoms with Crippen molar-refractivity contribution in [2.45, 2.75) is 52.1 Å². The van der Waals surface area contributed by atoms with Crippen molar-refractivity contribution in [1.29, 1.82) is 0 Å². The molecule has 16 heavy (non-hydrogen) atoms. The third-order valence-corrected chi connectivity index (χ3v) is 2.85. The molecule has 0 aromatic carbocycles. The molecule has 0 fully saturated rings. The molecule has 0 aliphatic rings. The number of rotatable bonds is 8. The summed E-state index contributed by atoms with van der Waals surface area (Å²) in [5, 5.41) is 8.58. The zero-order valence-electron chi connectivity index (χ0n) is 10.6. The number of carbonyl (C=O) groups is 1. The van der Waals surface area contributed by atoms with Gasteiger partial charge >= 0.3 is 5.97 Å². The molecule has 0 radical (unpaired) electrons. The third-order valence-electron chi connectivity index (χ3n) is 1.84. The van der Waals surface area contributed by atoms with Crippen LogP contribution in [-0.2, 0) is 9.53 Å². The van der Waals surface area contributed by atoms with Gasteiger partial charge in [0.2, 0.25) is 0 Å². The molecule has 4 heteroatoms. The molecule has 0 unspecified atom stereocenters. The van der Waals surface area contributed by atoms with Gasteiger partial charge in [-0.25, -0.2) is 0 Å². The molecule has 0 atom stereocenters. The van der Waals surface area contributed by atoms with E-state index in [0.717, 1.165) is 31.4 Å². The number of hydrogen-bond acceptors (Lipinski definition) is 4. The predicted molar refractivity (Wildman–Crippen MR) is 68.7 cm³/mol. The van der Waals surface area contributed by atoms with Gasteiger partial charge in [0.25, 0.3) is 0 Å². The Labute approximate surface area is 103 Å². The first-order valence-electron chi connectivity index (χ1n) is 5.86. The molecule has 0 saturated heterocycles. The Bertz CT molecular complexity index is 187. The van der Waals surface area contributed by atoms with Crippen molar-refractivity contribution in [3.05, 3.63) is 0 Å². The number of aliphatic hydroxyl groups excluding tert-OH is 1. The van der Waals surface area contributed by atoms with Crippen LogP contribution in [0.4, 0.5) is 0 Å². The average molecular weight is 248 g/mol. The first kappa shape index (κ1) is 15.8. The van der Waals surface area contributed by atoms with Crippen LogP contribution < -0.4 is 0 Å². The summed E-state index contributed by atoms with van der Waals surface area (Å²) in [4.78, 5) is 11.3. The summed E-state index contributed by atoms with van der Waals surface area (Å²) in [5.41, 5.74) is -0.376. The molecule has 0 aliphatic carbocycles. The second-order valence-corrected chi connectivity index (χ2v) is 5.88. The van der Waals surface area contributed by atoms with Crippen LogP contribution in [0.3, 0.4) is 0 Å². The summed E-state index contributed by atoms with van der Waals surface area (Å²) >= 11 is 1.62. The number of aliphatic hydroxyl groups is 1. The van der Waals surface area contributed by atoms with E-state index in [2.05, 4.69) is 0 Å². The summed E-state index contributed by atoms with van der Waals surface area (Å²) in [5.74, 6) is 1.30. The van der Waals surface area contributed by atoms with Crippen LogP contribution in [0, 0.1) is 0 Å². The summed E-state index contributed by atoms with van der Waals surface area (Å²) in [6.07, 6.45) is 4.19. The number of unbranched alkanes of at least 4 members (excludes halogenated alkanes) is 3. The molecule has 0 saturated carbocycles. The van der Waals surface area contributed by atoms with E-state index in [0.29, 0.717) is 5.75 Å². The second kappa shape index (κ2) is 8.88. The number of thioether (sulfide) groups is 1. The van der Waals surface area contributed by atoms with Gasteiger partial charge in [-0.05, 0) is 39.4 Å². The molecule has 0 amide bonds. The van der Waals surface area contributed by atoms with Crippen molar-refractivity contribution in [2.24, 2.45) is 0 Å². The normalized spacial score (nSPS) is 11.5. The minimum atomic E-state index is -0.376. The molecule has 0 aliphatic heterocycles. The highest BCUT2D eigenvalue weighted by Gasteiger charge is 2.15. The van der Waals surface area contributed by atoms with Crippen LogP contribution in [-0.4, -0.2) is 34.8 Å². The molecule has 0 aromatic heterocycles. The first-order chi connectivity index (χ1) is 7.45. The number of ether oxygens (including phenoxy) is 1. The topological polar surface area (TPSA) is 46.5 Å². The standard InChI is InChI=1S/C12H24O3S/c1-12(2,3)15-11(14)10-16-9-7-5-4-6-8-13/h13H,4-10H2,1-3H3. The monoisotopic (exact) mass is 248 g/mol. The lowest BCUT2D eigenvalue weighted by Gasteiger charge is -2.19. The van der Waals surface area contributed by atoms with E-state index in [-0.39, 0.29) is 18.2 Å². The van der Waals surface area contributed by atoms with Gasteiger partial charge < -0.3 is 9.84 Å². The van der Waals surface area contributed by atoms with E-state index >= 15 is 0 Å². The minimum absolute atomic E-state index is 0.132. The van der Waals surface area contributed by atoms with Crippen molar-refractivity contribution in [2.75, 3.05) is 18.1 Å². The van der Waals surface area contributed by atoms with Gasteiger partial charge in [0.15, 0.2) is 0 Å². The van der Waals surface area contributed by atoms with E-state index in [1.165, 1.54) is 0 Å². The lowest BCUT2D eigenvalue weighted by atomic mass is 10.2. The van der Waals surface area contributed by atoms with Gasteiger partial charge in [0.1, 0.15) is 5.60 Å². The number of hydrogen-bond donors (Lipinski definition) is 1. The van der Waals surface area contributed by atoms with Gasteiger partial charge in [-0.1, -0.05) is 12.8 Å². The third kappa shape index (κ3) is 11.9. The Hall–Kier alpha value is -0.220. The molecule has 3 nitrogen and oxygen atoms in total. The van der Waals surface area contributed by atoms with E-state index in [4.69, 9.17) is 9.84 Å². The van der Waals surface area contributed by atoms with Crippen LogP contribution in [0.15, 0.2) is 0 Å². The Morgan fingerprint density at radius 3 is 2.38 bits per heavy atom. The fourth-order valence-electron chi connectivity index (χ4n) is 1.20. The maximum absolute atomic E-state index is 11.3. The molecule has 0 aromatic rings. The molecular weight excluding hydrogens is 224 g/mol. The summed E-state index contributed by atoms with van der Waals surface area (Å²) < 4.78 is 5.19. The van der Waals surface area contributed by atoms with Crippen molar-refractivity contribution in [3.8, 4) is 0 Å². The van der Waals surface area contributed by atoms with Gasteiger partial charge in [0.05, 0.1) is 5.75 Å². The highest BCUT2D eigenvalue weighted by atomic mass is 32.2. The van der Waals surface area contributed by atoms with Crippen molar-refractivity contribution in [1.82, 2.24) is 0 Å². The van der Waals surface area contributed by atoms with Gasteiger partial charge in [0, 0.05) is 6.61 Å². The summed E-state index contributed by atoms with van der Waals surface area (Å²) in [6.45, 7) is 5.92. The second-order valence-electron chi connectivity index (χ2n) is 4.78. The lowest BCUT2D eigenvalue weighted by molar-refractivity contribution is -0.151. The molecule has 1 N–H and O–H groups in total. The highest BCUT2D eigenvalue weighted by Crippen LogP contribution is 2.11. The summed E-state index contributed by atoms with van der Waals surface area (Å²) in [6, 6.07) is 0. The largest absolute Gasteiger partial charge is 0.459 e. The van der Waals surface area contributed by atoms with E-state index in [1.54, 1.807) is 11.8 Å². The van der Waals surface area contributed by atoms with Crippen molar-refractivity contribution >= 4 is 17.7 Å². The van der Waals surface area contributed by atoms with Crippen LogP contribution >= 0.6 is 11.8 Å². The van der Waals surface area contributed by atoms with Gasteiger partial charge in [-0.3, -0.25) is 4.79 Å². The average Bonchev–Trinajstić information content (AvgIpc) is 2.13. The fourth-order valence-corrected chi connectivity index (χ4v) is 1.97. The maximum atomic E-state index is 11.3. The van der Waals surface area contributed by atoms with Crippen LogP contribution in [0.1, 0.15) is 46.5 Å². The van der Waals surface area contributed by atoms with Gasteiger partial charge in [-0.2, -0.15) is 11.8 Å². The smallest absolute Gasteiger partial charge is 0.316 e. The molecule has 0 heterocycles. The molecule has 0 bridgehead atoms. The Morgan fingerprint density at radius 1 is 1.19 bits per heavy atom.